The molecule has 0 spiro atoms. The smallest absolute Gasteiger partial charge is 0.159 e. The molecule has 0 saturated carbocycles. The summed E-state index contributed by atoms with van der Waals surface area (Å²) in [5.74, 6) is 0. The van der Waals surface area contributed by atoms with Gasteiger partial charge in [0.15, 0.2) is 5.58 Å². The normalized spacial score (nSPS) is 12.2. The molecule has 0 aliphatic carbocycles. The first-order chi connectivity index (χ1) is 52.6. The van der Waals surface area contributed by atoms with Crippen molar-refractivity contribution < 1.29 is 8.83 Å². The number of rotatable bonds is 6. The number of benzene rings is 18. The molecule has 6 aromatic heterocycles. The van der Waals surface area contributed by atoms with Crippen LogP contribution in [0.3, 0.4) is 0 Å². The Morgan fingerprint density at radius 3 is 1.08 bits per heavy atom. The highest BCUT2D eigenvalue weighted by Crippen LogP contribution is 2.45. The number of hydrogen-bond acceptors (Lipinski definition) is 2. The van der Waals surface area contributed by atoms with Gasteiger partial charge in [-0.1, -0.05) is 237 Å². The standard InChI is InChI=1S/2C50H30N2O/c1-2-11-36-31(10-1)20-21-32-22-25-35(30-41(32)36)51-44-16-6-3-12-37(44)42-28-33(23-26-46(42)51)34-24-27-47-43(29-34)38-13-4-7-17-45(38)52(47)48-18-9-15-40-39-14-5-8-19-49(39)53-50(40)48;1-2-12-35-33(11-1)29-48(37-14-4-3-13-36(35)37)52-45-19-9-6-16-39(45)43-28-32(22-26-47(43)52)31-21-25-46-42(27-31)38-15-5-8-18-44(38)51(46)34-23-24-41-40-17-7-10-20-49(40)53-50(41)30-34/h2*1-30H. The molecule has 6 heteroatoms. The molecule has 0 unspecified atom stereocenters. The molecule has 0 aliphatic heterocycles. The highest BCUT2D eigenvalue weighted by atomic mass is 16.3. The average Bonchev–Trinajstić information content (AvgIpc) is 1.47. The molecule has 24 rings (SSSR count). The van der Waals surface area contributed by atoms with E-state index in [9.17, 15) is 0 Å². The van der Waals surface area contributed by atoms with Crippen LogP contribution in [0.2, 0.25) is 0 Å². The molecule has 492 valence electrons. The molecule has 0 radical (unpaired) electrons. The maximum atomic E-state index is 6.53. The van der Waals surface area contributed by atoms with E-state index < -0.39 is 0 Å². The van der Waals surface area contributed by atoms with Crippen LogP contribution in [0.15, 0.2) is 373 Å². The minimum atomic E-state index is 0.899. The van der Waals surface area contributed by atoms with Crippen LogP contribution < -0.4 is 0 Å². The minimum Gasteiger partial charge on any atom is -0.456 e. The van der Waals surface area contributed by atoms with Crippen LogP contribution in [-0.2, 0) is 0 Å². The lowest BCUT2D eigenvalue weighted by Crippen LogP contribution is -1.96. The number of fused-ring (bicyclic) bond motifs is 24. The van der Waals surface area contributed by atoms with Gasteiger partial charge in [-0.25, -0.2) is 0 Å². The molecule has 0 aliphatic rings. The van der Waals surface area contributed by atoms with E-state index in [1.54, 1.807) is 0 Å². The van der Waals surface area contributed by atoms with Crippen LogP contribution in [0.1, 0.15) is 0 Å². The van der Waals surface area contributed by atoms with E-state index in [2.05, 4.69) is 364 Å². The van der Waals surface area contributed by atoms with Crippen molar-refractivity contribution in [2.45, 2.75) is 0 Å². The lowest BCUT2D eigenvalue weighted by Gasteiger charge is -2.14. The van der Waals surface area contributed by atoms with Crippen molar-refractivity contribution in [2.24, 2.45) is 0 Å². The molecule has 106 heavy (non-hydrogen) atoms. The molecule has 0 amide bonds. The molecule has 0 N–H and O–H groups in total. The van der Waals surface area contributed by atoms with Crippen molar-refractivity contribution in [1.82, 2.24) is 18.3 Å². The van der Waals surface area contributed by atoms with Crippen molar-refractivity contribution in [3.05, 3.63) is 364 Å². The van der Waals surface area contributed by atoms with Crippen LogP contribution in [0, 0.1) is 0 Å². The van der Waals surface area contributed by atoms with Gasteiger partial charge in [-0.15, -0.1) is 0 Å². The van der Waals surface area contributed by atoms with E-state index in [4.69, 9.17) is 8.83 Å². The third kappa shape index (κ3) is 8.67. The molecule has 24 aromatic rings. The Hall–Kier alpha value is -14.2. The summed E-state index contributed by atoms with van der Waals surface area (Å²) in [6.07, 6.45) is 0. The quantitative estimate of drug-likeness (QED) is 0.156. The third-order valence-corrected chi connectivity index (χ3v) is 22.6. The summed E-state index contributed by atoms with van der Waals surface area (Å²) in [6.45, 7) is 0. The van der Waals surface area contributed by atoms with E-state index in [1.807, 2.05) is 18.2 Å². The first kappa shape index (κ1) is 58.4. The van der Waals surface area contributed by atoms with E-state index in [0.29, 0.717) is 0 Å². The summed E-state index contributed by atoms with van der Waals surface area (Å²) in [5, 5.41) is 24.5. The Morgan fingerprint density at radius 2 is 0.519 bits per heavy atom. The fourth-order valence-electron chi connectivity index (χ4n) is 17.8. The van der Waals surface area contributed by atoms with Crippen LogP contribution in [0.25, 0.3) is 219 Å². The van der Waals surface area contributed by atoms with E-state index in [0.717, 1.165) is 66.3 Å². The topological polar surface area (TPSA) is 46.0 Å². The van der Waals surface area contributed by atoms with Crippen molar-refractivity contribution >= 4 is 174 Å². The monoisotopic (exact) mass is 1350 g/mol. The zero-order valence-corrected chi connectivity index (χ0v) is 57.2. The molecule has 0 saturated heterocycles. The summed E-state index contributed by atoms with van der Waals surface area (Å²) in [5.41, 5.74) is 22.4. The zero-order valence-electron chi connectivity index (χ0n) is 57.2. The van der Waals surface area contributed by atoms with Crippen molar-refractivity contribution in [3.8, 4) is 45.0 Å². The van der Waals surface area contributed by atoms with Crippen molar-refractivity contribution in [3.63, 3.8) is 0 Å². The predicted molar refractivity (Wildman–Crippen MR) is 446 cm³/mol. The zero-order chi connectivity index (χ0) is 69.2. The minimum absolute atomic E-state index is 0.899. The summed E-state index contributed by atoms with van der Waals surface area (Å²) < 4.78 is 22.4. The molecular formula is C100H60N4O2. The number of para-hydroxylation sites is 7. The lowest BCUT2D eigenvalue weighted by molar-refractivity contribution is 0.666. The van der Waals surface area contributed by atoms with Crippen molar-refractivity contribution in [2.75, 3.05) is 0 Å². The highest BCUT2D eigenvalue weighted by molar-refractivity contribution is 6.19. The fourth-order valence-corrected chi connectivity index (χ4v) is 17.8. The first-order valence-electron chi connectivity index (χ1n) is 36.4. The average molecular weight is 1350 g/mol. The number of furan rings is 2. The maximum Gasteiger partial charge on any atom is 0.159 e. The van der Waals surface area contributed by atoms with Gasteiger partial charge in [0, 0.05) is 87.5 Å². The van der Waals surface area contributed by atoms with E-state index in [1.165, 1.54) is 153 Å². The van der Waals surface area contributed by atoms with Gasteiger partial charge >= 0.3 is 0 Å². The largest absolute Gasteiger partial charge is 0.456 e. The van der Waals surface area contributed by atoms with E-state index >= 15 is 0 Å². The van der Waals surface area contributed by atoms with Gasteiger partial charge < -0.3 is 27.1 Å². The molecule has 18 aromatic carbocycles. The van der Waals surface area contributed by atoms with Crippen LogP contribution in [0.5, 0.6) is 0 Å². The van der Waals surface area contributed by atoms with E-state index in [-0.39, 0.29) is 0 Å². The van der Waals surface area contributed by atoms with Gasteiger partial charge in [-0.05, 0) is 181 Å². The molecule has 0 atom stereocenters. The van der Waals surface area contributed by atoms with Gasteiger partial charge in [0.2, 0.25) is 0 Å². The third-order valence-electron chi connectivity index (χ3n) is 22.6. The Balaban J connectivity index is 0.000000129. The molecule has 0 fully saturated rings. The summed E-state index contributed by atoms with van der Waals surface area (Å²) >= 11 is 0. The Labute approximate surface area is 606 Å². The maximum absolute atomic E-state index is 6.53. The van der Waals surface area contributed by atoms with Gasteiger partial charge in [-0.2, -0.15) is 0 Å². The molecule has 6 heterocycles. The fraction of sp³-hybridized carbons (Fsp3) is 0. The predicted octanol–water partition coefficient (Wildman–Crippen LogP) is 27.5. The second-order valence-electron chi connectivity index (χ2n) is 28.2. The SMILES string of the molecule is c1ccc2c(c1)cc(-n1c3ccccc3c3cc(-c4ccc5c(c4)c4ccccc4n5-c4ccc5c(c4)oc4ccccc45)ccc31)c1ccccc12.c1ccc2c(c1)ccc1ccc(-n3c4ccccc4c4cc(-c5ccc6c(c5)c5ccccc5n6-c5cccc6c5oc5ccccc56)ccc43)cc12. The second kappa shape index (κ2) is 22.6. The number of aromatic nitrogens is 4. The second-order valence-corrected chi connectivity index (χ2v) is 28.2. The van der Waals surface area contributed by atoms with Gasteiger partial charge in [-0.3, -0.25) is 0 Å². The number of nitrogens with zero attached hydrogens (tertiary/aromatic N) is 4. The van der Waals surface area contributed by atoms with Crippen LogP contribution >= 0.6 is 0 Å². The Bertz CT molecular complexity index is 7860. The number of hydrogen-bond donors (Lipinski definition) is 0. The lowest BCUT2D eigenvalue weighted by atomic mass is 9.99. The first-order valence-corrected chi connectivity index (χ1v) is 36.4. The highest BCUT2D eigenvalue weighted by Gasteiger charge is 2.23. The van der Waals surface area contributed by atoms with Gasteiger partial charge in [0.1, 0.15) is 16.7 Å². The van der Waals surface area contributed by atoms with Crippen LogP contribution in [0.4, 0.5) is 0 Å². The summed E-state index contributed by atoms with van der Waals surface area (Å²) in [6, 6.07) is 132. The van der Waals surface area contributed by atoms with Gasteiger partial charge in [0.25, 0.3) is 0 Å². The Kier molecular flexibility index (Phi) is 12.5. The summed E-state index contributed by atoms with van der Waals surface area (Å²) in [4.78, 5) is 0. The van der Waals surface area contributed by atoms with Crippen LogP contribution in [-0.4, -0.2) is 18.3 Å². The molecular weight excluding hydrogens is 1290 g/mol. The Morgan fingerprint density at radius 1 is 0.160 bits per heavy atom. The molecule has 0 bridgehead atoms. The summed E-state index contributed by atoms with van der Waals surface area (Å²) in [7, 11) is 0. The molecule has 6 nitrogen and oxygen atoms in total. The van der Waals surface area contributed by atoms with Gasteiger partial charge in [0.05, 0.1) is 55.5 Å². The van der Waals surface area contributed by atoms with Crippen molar-refractivity contribution in [1.29, 1.82) is 0 Å².